The third-order valence-electron chi connectivity index (χ3n) is 3.76. The molecule has 0 N–H and O–H groups in total. The molecule has 0 saturated carbocycles. The fraction of sp³-hybridized carbons (Fsp3) is 0.750. The number of hydroxylamine groups is 2. The van der Waals surface area contributed by atoms with Crippen molar-refractivity contribution in [1.29, 1.82) is 0 Å². The lowest BCUT2D eigenvalue weighted by Gasteiger charge is -2.49. The van der Waals surface area contributed by atoms with Crippen molar-refractivity contribution in [3.05, 3.63) is 12.7 Å². The van der Waals surface area contributed by atoms with E-state index in [-0.39, 0.29) is 22.9 Å². The van der Waals surface area contributed by atoms with Gasteiger partial charge in [0.15, 0.2) is 0 Å². The van der Waals surface area contributed by atoms with E-state index < -0.39 is 8.32 Å². The predicted octanol–water partition coefficient (Wildman–Crippen LogP) is 2.96. The first-order valence-corrected chi connectivity index (χ1v) is 8.67. The molecule has 0 aliphatic carbocycles. The highest BCUT2D eigenvalue weighted by Gasteiger charge is 2.49. The number of hydrogen-bond acceptors (Lipinski definition) is 2. The van der Waals surface area contributed by atoms with E-state index >= 15 is 0 Å². The number of amides is 1. The molecule has 0 unspecified atom stereocenters. The minimum Gasteiger partial charge on any atom is -0.316 e. The molecule has 1 fully saturated rings. The molecule has 1 aliphatic rings. The zero-order valence-electron chi connectivity index (χ0n) is 11.2. The fourth-order valence-corrected chi connectivity index (χ4v) is 2.38. The molecule has 0 radical (unpaired) electrons. The van der Waals surface area contributed by atoms with Crippen LogP contribution >= 0.6 is 0 Å². The van der Waals surface area contributed by atoms with E-state index in [2.05, 4.69) is 40.4 Å². The Hall–Kier alpha value is -0.613. The summed E-state index contributed by atoms with van der Waals surface area (Å²) in [6.07, 6.45) is 1.79. The molecule has 92 valence electrons. The Labute approximate surface area is 99.6 Å². The second-order valence-corrected chi connectivity index (χ2v) is 10.7. The first kappa shape index (κ1) is 13.5. The smallest absolute Gasteiger partial charge is 0.251 e. The van der Waals surface area contributed by atoms with Crippen molar-refractivity contribution in [1.82, 2.24) is 5.06 Å². The third kappa shape index (κ3) is 2.09. The summed E-state index contributed by atoms with van der Waals surface area (Å²) in [6, 6.07) is 0.0432. The number of carbonyl (C=O) groups excluding carboxylic acids is 1. The minimum absolute atomic E-state index is 0.0160. The molecule has 1 amide bonds. The second-order valence-electron chi connectivity index (χ2n) is 6.03. The van der Waals surface area contributed by atoms with Crippen molar-refractivity contribution in [2.24, 2.45) is 5.92 Å². The van der Waals surface area contributed by atoms with Crippen LogP contribution in [0.1, 0.15) is 27.7 Å². The highest BCUT2D eigenvalue weighted by molar-refractivity contribution is 6.74. The van der Waals surface area contributed by atoms with Crippen LogP contribution in [0.15, 0.2) is 12.7 Å². The zero-order valence-corrected chi connectivity index (χ0v) is 12.2. The monoisotopic (exact) mass is 241 g/mol. The average Bonchev–Trinajstić information content (AvgIpc) is 2.15. The van der Waals surface area contributed by atoms with Crippen LogP contribution in [0.2, 0.25) is 18.1 Å². The molecule has 0 bridgehead atoms. The van der Waals surface area contributed by atoms with Crippen molar-refractivity contribution in [2.75, 3.05) is 0 Å². The van der Waals surface area contributed by atoms with Gasteiger partial charge in [-0.05, 0) is 18.1 Å². The number of β-lactam (4-membered cyclic amide) rings is 1. The summed E-state index contributed by atoms with van der Waals surface area (Å²) in [6.45, 7) is 16.4. The van der Waals surface area contributed by atoms with Crippen LogP contribution in [0.4, 0.5) is 0 Å². The van der Waals surface area contributed by atoms with E-state index in [1.807, 2.05) is 6.92 Å². The summed E-state index contributed by atoms with van der Waals surface area (Å²) in [5.74, 6) is 0.0944. The van der Waals surface area contributed by atoms with Crippen molar-refractivity contribution in [2.45, 2.75) is 51.9 Å². The Balaban J connectivity index is 2.75. The van der Waals surface area contributed by atoms with Gasteiger partial charge in [0.2, 0.25) is 8.32 Å². The molecule has 1 heterocycles. The molecular formula is C12H23NO2Si. The van der Waals surface area contributed by atoms with Gasteiger partial charge in [-0.2, -0.15) is 0 Å². The van der Waals surface area contributed by atoms with Crippen LogP contribution < -0.4 is 0 Å². The number of nitrogens with zero attached hydrogens (tertiary/aromatic N) is 1. The van der Waals surface area contributed by atoms with Gasteiger partial charge in [-0.3, -0.25) is 4.79 Å². The van der Waals surface area contributed by atoms with Crippen LogP contribution in [0.25, 0.3) is 0 Å². The molecule has 2 atom stereocenters. The molecule has 1 saturated heterocycles. The highest BCUT2D eigenvalue weighted by atomic mass is 28.4. The van der Waals surface area contributed by atoms with Gasteiger partial charge in [-0.25, -0.2) is 5.06 Å². The van der Waals surface area contributed by atoms with E-state index in [4.69, 9.17) is 4.53 Å². The van der Waals surface area contributed by atoms with E-state index in [0.29, 0.717) is 0 Å². The SMILES string of the molecule is C=C[C@@H]1[C@@H](C)C(=O)N1O[Si](C)(C)C(C)(C)C. The van der Waals surface area contributed by atoms with Gasteiger partial charge in [0.05, 0.1) is 12.0 Å². The van der Waals surface area contributed by atoms with Gasteiger partial charge in [-0.1, -0.05) is 33.8 Å². The van der Waals surface area contributed by atoms with Crippen molar-refractivity contribution in [3.63, 3.8) is 0 Å². The molecule has 16 heavy (non-hydrogen) atoms. The second kappa shape index (κ2) is 4.00. The molecule has 1 aliphatic heterocycles. The average molecular weight is 241 g/mol. The lowest BCUT2D eigenvalue weighted by atomic mass is 9.92. The van der Waals surface area contributed by atoms with Gasteiger partial charge in [0.1, 0.15) is 0 Å². The number of hydrogen-bond donors (Lipinski definition) is 0. The van der Waals surface area contributed by atoms with Crippen molar-refractivity contribution < 1.29 is 9.32 Å². The molecule has 0 aromatic rings. The zero-order chi connectivity index (χ0) is 12.7. The largest absolute Gasteiger partial charge is 0.316 e. The normalized spacial score (nSPS) is 26.6. The van der Waals surface area contributed by atoms with Gasteiger partial charge < -0.3 is 4.53 Å². The Bertz CT molecular complexity index is 307. The fourth-order valence-electron chi connectivity index (χ4n) is 1.40. The third-order valence-corrected chi connectivity index (χ3v) is 8.03. The van der Waals surface area contributed by atoms with Gasteiger partial charge in [0.25, 0.3) is 5.91 Å². The Kier molecular flexibility index (Phi) is 3.36. The molecule has 0 spiro atoms. The molecular weight excluding hydrogens is 218 g/mol. The van der Waals surface area contributed by atoms with Crippen LogP contribution in [-0.2, 0) is 9.32 Å². The van der Waals surface area contributed by atoms with Crippen LogP contribution in [-0.4, -0.2) is 25.3 Å². The summed E-state index contributed by atoms with van der Waals surface area (Å²) >= 11 is 0. The van der Waals surface area contributed by atoms with Crippen molar-refractivity contribution in [3.8, 4) is 0 Å². The Morgan fingerprint density at radius 3 is 2.31 bits per heavy atom. The molecule has 3 nitrogen and oxygen atoms in total. The predicted molar refractivity (Wildman–Crippen MR) is 68.3 cm³/mol. The minimum atomic E-state index is -1.91. The number of carbonyl (C=O) groups is 1. The van der Waals surface area contributed by atoms with E-state index in [0.717, 1.165) is 0 Å². The summed E-state index contributed by atoms with van der Waals surface area (Å²) in [5.41, 5.74) is 0. The maximum Gasteiger partial charge on any atom is 0.251 e. The molecule has 0 aromatic heterocycles. The van der Waals surface area contributed by atoms with E-state index in [1.54, 1.807) is 6.08 Å². The van der Waals surface area contributed by atoms with Crippen molar-refractivity contribution >= 4 is 14.2 Å². The van der Waals surface area contributed by atoms with E-state index in [9.17, 15) is 4.79 Å². The first-order chi connectivity index (χ1) is 7.12. The summed E-state index contributed by atoms with van der Waals surface area (Å²) in [7, 11) is -1.91. The quantitative estimate of drug-likeness (QED) is 0.432. The topological polar surface area (TPSA) is 29.5 Å². The lowest BCUT2D eigenvalue weighted by molar-refractivity contribution is -0.201. The van der Waals surface area contributed by atoms with Gasteiger partial charge in [-0.15, -0.1) is 6.58 Å². The highest BCUT2D eigenvalue weighted by Crippen LogP contribution is 2.40. The molecule has 0 aromatic carbocycles. The van der Waals surface area contributed by atoms with Crippen LogP contribution in [0.5, 0.6) is 0 Å². The summed E-state index contributed by atoms with van der Waals surface area (Å²) in [5, 5.41) is 1.63. The van der Waals surface area contributed by atoms with Crippen LogP contribution in [0.3, 0.4) is 0 Å². The Morgan fingerprint density at radius 2 is 1.94 bits per heavy atom. The van der Waals surface area contributed by atoms with E-state index in [1.165, 1.54) is 5.06 Å². The summed E-state index contributed by atoms with van der Waals surface area (Å²) in [4.78, 5) is 11.7. The summed E-state index contributed by atoms with van der Waals surface area (Å²) < 4.78 is 5.98. The maximum atomic E-state index is 11.7. The van der Waals surface area contributed by atoms with Crippen LogP contribution in [0, 0.1) is 5.92 Å². The number of rotatable bonds is 3. The standard InChI is InChI=1S/C12H23NO2Si/c1-8-10-9(2)11(14)13(10)15-16(6,7)12(3,4)5/h8-10H,1H2,2-7H3/t9-,10-/m1/s1. The van der Waals surface area contributed by atoms with Gasteiger partial charge >= 0.3 is 0 Å². The lowest BCUT2D eigenvalue weighted by Crippen LogP contribution is -2.63. The molecule has 1 rings (SSSR count). The van der Waals surface area contributed by atoms with Gasteiger partial charge in [0, 0.05) is 0 Å². The Morgan fingerprint density at radius 1 is 1.44 bits per heavy atom. The maximum absolute atomic E-state index is 11.7. The first-order valence-electron chi connectivity index (χ1n) is 5.76. The molecule has 4 heteroatoms.